The van der Waals surface area contributed by atoms with Crippen molar-refractivity contribution >= 4 is 0 Å². The largest absolute Gasteiger partial charge is 0.395 e. The zero-order valence-electron chi connectivity index (χ0n) is 10.5. The maximum atomic E-state index is 9.21. The van der Waals surface area contributed by atoms with Crippen molar-refractivity contribution in [2.24, 2.45) is 11.8 Å². The van der Waals surface area contributed by atoms with E-state index in [-0.39, 0.29) is 6.61 Å². The summed E-state index contributed by atoms with van der Waals surface area (Å²) in [5.74, 6) is 1.98. The lowest BCUT2D eigenvalue weighted by Crippen LogP contribution is -2.36. The molecule has 1 aliphatic heterocycles. The maximum absolute atomic E-state index is 9.21. The molecule has 0 bridgehead atoms. The van der Waals surface area contributed by atoms with Crippen LogP contribution in [0.25, 0.3) is 0 Å². The molecule has 2 fully saturated rings. The van der Waals surface area contributed by atoms with E-state index in [0.29, 0.717) is 6.04 Å². The Morgan fingerprint density at radius 1 is 1.31 bits per heavy atom. The Balaban J connectivity index is 1.67. The molecule has 2 aliphatic rings. The van der Waals surface area contributed by atoms with Gasteiger partial charge in [-0.05, 0) is 44.2 Å². The predicted molar refractivity (Wildman–Crippen MR) is 66.4 cm³/mol. The normalized spacial score (nSPS) is 31.9. The molecule has 16 heavy (non-hydrogen) atoms. The number of hydrogen-bond donors (Lipinski definition) is 2. The number of hydrogen-bond acceptors (Lipinski definition) is 3. The van der Waals surface area contributed by atoms with Crippen molar-refractivity contribution in [2.45, 2.75) is 38.6 Å². The summed E-state index contributed by atoms with van der Waals surface area (Å²) in [7, 11) is 0. The highest BCUT2D eigenvalue weighted by Gasteiger charge is 2.35. The summed E-state index contributed by atoms with van der Waals surface area (Å²) in [5, 5.41) is 12.5. The second kappa shape index (κ2) is 5.99. The fourth-order valence-electron chi connectivity index (χ4n) is 3.40. The van der Waals surface area contributed by atoms with Gasteiger partial charge in [-0.1, -0.05) is 13.3 Å². The molecule has 1 saturated heterocycles. The minimum atomic E-state index is 0.272. The van der Waals surface area contributed by atoms with Crippen molar-refractivity contribution in [1.29, 1.82) is 0 Å². The molecule has 1 heterocycles. The minimum Gasteiger partial charge on any atom is -0.395 e. The van der Waals surface area contributed by atoms with Crippen LogP contribution in [-0.4, -0.2) is 48.8 Å². The van der Waals surface area contributed by atoms with E-state index >= 15 is 0 Å². The Hall–Kier alpha value is -0.120. The molecule has 3 nitrogen and oxygen atoms in total. The van der Waals surface area contributed by atoms with Crippen LogP contribution in [0.4, 0.5) is 0 Å². The third kappa shape index (κ3) is 2.96. The third-order valence-electron chi connectivity index (χ3n) is 4.31. The van der Waals surface area contributed by atoms with Gasteiger partial charge in [0.05, 0.1) is 6.61 Å². The molecule has 2 N–H and O–H groups in total. The zero-order chi connectivity index (χ0) is 11.4. The van der Waals surface area contributed by atoms with Gasteiger partial charge in [0, 0.05) is 19.1 Å². The molecular weight excluding hydrogens is 200 g/mol. The van der Waals surface area contributed by atoms with Gasteiger partial charge in [0.1, 0.15) is 0 Å². The first-order valence-corrected chi connectivity index (χ1v) is 6.90. The fraction of sp³-hybridized carbons (Fsp3) is 1.00. The van der Waals surface area contributed by atoms with Crippen molar-refractivity contribution in [2.75, 3.05) is 32.8 Å². The number of aliphatic hydroxyl groups is 1. The summed E-state index contributed by atoms with van der Waals surface area (Å²) >= 11 is 0. The van der Waals surface area contributed by atoms with Crippen LogP contribution < -0.4 is 5.32 Å². The lowest BCUT2D eigenvalue weighted by molar-refractivity contribution is 0.215. The van der Waals surface area contributed by atoms with Crippen LogP contribution in [-0.2, 0) is 0 Å². The Labute approximate surface area is 99.2 Å². The van der Waals surface area contributed by atoms with E-state index < -0.39 is 0 Å². The molecule has 3 heteroatoms. The van der Waals surface area contributed by atoms with Crippen LogP contribution >= 0.6 is 0 Å². The van der Waals surface area contributed by atoms with E-state index in [2.05, 4.69) is 17.1 Å². The molecule has 3 unspecified atom stereocenters. The van der Waals surface area contributed by atoms with E-state index in [4.69, 9.17) is 0 Å². The molecule has 3 atom stereocenters. The van der Waals surface area contributed by atoms with Crippen LogP contribution in [0.3, 0.4) is 0 Å². The van der Waals surface area contributed by atoms with E-state index in [9.17, 15) is 5.11 Å². The Morgan fingerprint density at radius 3 is 2.56 bits per heavy atom. The summed E-state index contributed by atoms with van der Waals surface area (Å²) in [5.41, 5.74) is 0. The van der Waals surface area contributed by atoms with Crippen molar-refractivity contribution in [3.8, 4) is 0 Å². The Bertz CT molecular complexity index is 198. The molecule has 0 aromatic carbocycles. The summed E-state index contributed by atoms with van der Waals surface area (Å²) < 4.78 is 0. The molecule has 2 rings (SSSR count). The smallest absolute Gasteiger partial charge is 0.0585 e. The molecule has 0 amide bonds. The standard InChI is InChI=1S/C13H26N2O/c1-2-14-13(10-16)6-7-15-8-11-4-3-5-12(11)9-15/h11-14,16H,2-10H2,1H3. The third-order valence-corrected chi connectivity index (χ3v) is 4.31. The summed E-state index contributed by atoms with van der Waals surface area (Å²) in [4.78, 5) is 2.61. The number of likely N-dealkylation sites (tertiary alicyclic amines) is 1. The zero-order valence-corrected chi connectivity index (χ0v) is 10.5. The highest BCUT2D eigenvalue weighted by Crippen LogP contribution is 2.37. The number of nitrogens with one attached hydrogen (secondary N) is 1. The van der Waals surface area contributed by atoms with Gasteiger partial charge < -0.3 is 15.3 Å². The van der Waals surface area contributed by atoms with Crippen LogP contribution in [0.15, 0.2) is 0 Å². The molecule has 0 aromatic rings. The minimum absolute atomic E-state index is 0.272. The first-order valence-electron chi connectivity index (χ1n) is 6.90. The topological polar surface area (TPSA) is 35.5 Å². The lowest BCUT2D eigenvalue weighted by atomic mass is 10.0. The predicted octanol–water partition coefficient (Wildman–Crippen LogP) is 1.08. The highest BCUT2D eigenvalue weighted by molar-refractivity contribution is 4.88. The van der Waals surface area contributed by atoms with E-state index in [1.807, 2.05) is 0 Å². The van der Waals surface area contributed by atoms with Gasteiger partial charge in [0.15, 0.2) is 0 Å². The number of nitrogens with zero attached hydrogens (tertiary/aromatic N) is 1. The fourth-order valence-corrected chi connectivity index (χ4v) is 3.40. The monoisotopic (exact) mass is 226 g/mol. The van der Waals surface area contributed by atoms with Crippen molar-refractivity contribution in [3.63, 3.8) is 0 Å². The molecular formula is C13H26N2O. The van der Waals surface area contributed by atoms with Gasteiger partial charge in [-0.25, -0.2) is 0 Å². The summed E-state index contributed by atoms with van der Waals surface area (Å²) in [6.07, 6.45) is 5.46. The summed E-state index contributed by atoms with van der Waals surface area (Å²) in [6, 6.07) is 0.297. The van der Waals surface area contributed by atoms with Crippen LogP contribution in [0.5, 0.6) is 0 Å². The van der Waals surface area contributed by atoms with Crippen LogP contribution in [0.2, 0.25) is 0 Å². The van der Waals surface area contributed by atoms with E-state index in [1.54, 1.807) is 0 Å². The number of rotatable bonds is 6. The van der Waals surface area contributed by atoms with Gasteiger partial charge in [0.25, 0.3) is 0 Å². The lowest BCUT2D eigenvalue weighted by Gasteiger charge is -2.21. The first kappa shape index (κ1) is 12.3. The van der Waals surface area contributed by atoms with Crippen molar-refractivity contribution in [1.82, 2.24) is 10.2 Å². The summed E-state index contributed by atoms with van der Waals surface area (Å²) in [6.45, 7) is 7.11. The molecule has 0 aromatic heterocycles. The Kier molecular flexibility index (Phi) is 4.62. The van der Waals surface area contributed by atoms with Gasteiger partial charge in [-0.15, -0.1) is 0 Å². The van der Waals surface area contributed by atoms with Gasteiger partial charge in [0.2, 0.25) is 0 Å². The molecule has 1 saturated carbocycles. The average molecular weight is 226 g/mol. The second-order valence-electron chi connectivity index (χ2n) is 5.44. The second-order valence-corrected chi connectivity index (χ2v) is 5.44. The molecule has 94 valence electrons. The number of likely N-dealkylation sites (N-methyl/N-ethyl adjacent to an activating group) is 1. The van der Waals surface area contributed by atoms with Crippen molar-refractivity contribution < 1.29 is 5.11 Å². The van der Waals surface area contributed by atoms with E-state index in [0.717, 1.165) is 31.3 Å². The number of aliphatic hydroxyl groups excluding tert-OH is 1. The van der Waals surface area contributed by atoms with Crippen molar-refractivity contribution in [3.05, 3.63) is 0 Å². The Morgan fingerprint density at radius 2 is 2.00 bits per heavy atom. The van der Waals surface area contributed by atoms with Crippen LogP contribution in [0.1, 0.15) is 32.6 Å². The number of fused-ring (bicyclic) bond motifs is 1. The van der Waals surface area contributed by atoms with Gasteiger partial charge in [-0.3, -0.25) is 0 Å². The SMILES string of the molecule is CCNC(CO)CCN1CC2CCCC2C1. The quantitative estimate of drug-likeness (QED) is 0.711. The average Bonchev–Trinajstić information content (AvgIpc) is 2.84. The maximum Gasteiger partial charge on any atom is 0.0585 e. The molecule has 0 radical (unpaired) electrons. The molecule has 0 spiro atoms. The van der Waals surface area contributed by atoms with Gasteiger partial charge in [-0.2, -0.15) is 0 Å². The van der Waals surface area contributed by atoms with Crippen LogP contribution in [0, 0.1) is 11.8 Å². The van der Waals surface area contributed by atoms with E-state index in [1.165, 1.54) is 32.4 Å². The highest BCUT2D eigenvalue weighted by atomic mass is 16.3. The first-order chi connectivity index (χ1) is 7.83. The van der Waals surface area contributed by atoms with Gasteiger partial charge >= 0.3 is 0 Å². The molecule has 1 aliphatic carbocycles.